The molecule has 0 radical (unpaired) electrons. The highest BCUT2D eigenvalue weighted by Gasteiger charge is 2.24. The quantitative estimate of drug-likeness (QED) is 0.856. The molecule has 1 atom stereocenters. The van der Waals surface area contributed by atoms with Crippen LogP contribution in [0, 0.1) is 0 Å². The minimum atomic E-state index is -3.27. The maximum Gasteiger partial charge on any atom is 0.211 e. The van der Waals surface area contributed by atoms with Crippen molar-refractivity contribution in [2.24, 2.45) is 0 Å². The van der Waals surface area contributed by atoms with Crippen molar-refractivity contribution in [3.63, 3.8) is 0 Å². The summed E-state index contributed by atoms with van der Waals surface area (Å²) in [5.74, 6) is 0.425. The van der Waals surface area contributed by atoms with E-state index in [9.17, 15) is 8.42 Å². The Morgan fingerprint density at radius 1 is 1.53 bits per heavy atom. The third-order valence-corrected chi connectivity index (χ3v) is 4.32. The van der Waals surface area contributed by atoms with Crippen LogP contribution in [0.3, 0.4) is 0 Å². The van der Waals surface area contributed by atoms with Crippen LogP contribution in [-0.4, -0.2) is 43.2 Å². The van der Waals surface area contributed by atoms with Gasteiger partial charge in [-0.15, -0.1) is 0 Å². The smallest absolute Gasteiger partial charge is 0.211 e. The monoisotopic (exact) mass is 285 g/mol. The van der Waals surface area contributed by atoms with E-state index in [0.717, 1.165) is 18.4 Å². The van der Waals surface area contributed by atoms with E-state index in [4.69, 9.17) is 10.5 Å². The predicted molar refractivity (Wildman–Crippen MR) is 72.9 cm³/mol. The second kappa shape index (κ2) is 5.85. The van der Waals surface area contributed by atoms with Crippen molar-refractivity contribution in [1.29, 1.82) is 0 Å². The zero-order valence-electron chi connectivity index (χ0n) is 10.9. The first-order valence-electron chi connectivity index (χ1n) is 6.22. The van der Waals surface area contributed by atoms with Gasteiger partial charge in [-0.05, 0) is 24.5 Å². The molecule has 1 fully saturated rings. The van der Waals surface area contributed by atoms with Gasteiger partial charge in [-0.3, -0.25) is 0 Å². The fourth-order valence-corrected chi connectivity index (χ4v) is 2.89. The minimum Gasteiger partial charge on any atom is -0.384 e. The summed E-state index contributed by atoms with van der Waals surface area (Å²) in [6.45, 7) is 1.40. The summed E-state index contributed by atoms with van der Waals surface area (Å²) >= 11 is 0. The molecule has 0 amide bonds. The fourth-order valence-electron chi connectivity index (χ4n) is 2.07. The molecular weight excluding hydrogens is 266 g/mol. The normalized spacial score (nSPS) is 20.0. The Bertz CT molecular complexity index is 510. The number of ether oxygens (including phenoxy) is 1. The number of anilines is 1. The number of nitrogens with zero attached hydrogens (tertiary/aromatic N) is 2. The third-order valence-electron chi connectivity index (χ3n) is 3.11. The lowest BCUT2D eigenvalue weighted by Crippen LogP contribution is -2.36. The number of pyridine rings is 1. The molecule has 0 bridgehead atoms. The van der Waals surface area contributed by atoms with Crippen LogP contribution in [0.25, 0.3) is 0 Å². The molecule has 6 nitrogen and oxygen atoms in total. The van der Waals surface area contributed by atoms with Crippen LogP contribution < -0.4 is 5.73 Å². The second-order valence-corrected chi connectivity index (χ2v) is 6.76. The van der Waals surface area contributed by atoms with E-state index in [1.54, 1.807) is 18.3 Å². The largest absolute Gasteiger partial charge is 0.384 e. The van der Waals surface area contributed by atoms with Gasteiger partial charge in [-0.2, -0.15) is 4.31 Å². The van der Waals surface area contributed by atoms with E-state index in [1.807, 2.05) is 0 Å². The van der Waals surface area contributed by atoms with E-state index in [0.29, 0.717) is 25.5 Å². The van der Waals surface area contributed by atoms with E-state index < -0.39 is 10.0 Å². The van der Waals surface area contributed by atoms with Gasteiger partial charge < -0.3 is 10.5 Å². The molecule has 1 aliphatic heterocycles. The molecule has 19 heavy (non-hydrogen) atoms. The maximum atomic E-state index is 11.8. The Kier molecular flexibility index (Phi) is 4.38. The van der Waals surface area contributed by atoms with Gasteiger partial charge in [-0.1, -0.05) is 6.07 Å². The minimum absolute atomic E-state index is 0.00327. The van der Waals surface area contributed by atoms with Crippen molar-refractivity contribution >= 4 is 15.8 Å². The zero-order chi connectivity index (χ0) is 13.9. The van der Waals surface area contributed by atoms with Gasteiger partial charge in [0.2, 0.25) is 10.0 Å². The Hall–Kier alpha value is -1.18. The van der Waals surface area contributed by atoms with E-state index in [2.05, 4.69) is 4.98 Å². The van der Waals surface area contributed by atoms with Crippen molar-refractivity contribution < 1.29 is 13.2 Å². The van der Waals surface area contributed by atoms with Crippen LogP contribution in [-0.2, 0) is 21.3 Å². The van der Waals surface area contributed by atoms with Gasteiger partial charge in [0, 0.05) is 25.9 Å². The van der Waals surface area contributed by atoms with Gasteiger partial charge in [0.1, 0.15) is 5.82 Å². The first-order chi connectivity index (χ1) is 8.95. The lowest BCUT2D eigenvalue weighted by molar-refractivity contribution is 0.0927. The summed E-state index contributed by atoms with van der Waals surface area (Å²) in [6.07, 6.45) is 4.71. The van der Waals surface area contributed by atoms with E-state index in [1.165, 1.54) is 10.6 Å². The highest BCUT2D eigenvalue weighted by atomic mass is 32.2. The predicted octanol–water partition coefficient (Wildman–Crippen LogP) is 0.604. The average Bonchev–Trinajstić information content (AvgIpc) is 2.83. The first-order valence-corrected chi connectivity index (χ1v) is 8.07. The molecule has 0 spiro atoms. The van der Waals surface area contributed by atoms with Crippen LogP contribution in [0.2, 0.25) is 0 Å². The Balaban J connectivity index is 2.07. The van der Waals surface area contributed by atoms with Crippen LogP contribution >= 0.6 is 0 Å². The summed E-state index contributed by atoms with van der Waals surface area (Å²) in [5.41, 5.74) is 6.33. The lowest BCUT2D eigenvalue weighted by Gasteiger charge is -2.23. The number of nitrogens with two attached hydrogens (primary N) is 1. The number of hydrogen-bond acceptors (Lipinski definition) is 5. The highest BCUT2D eigenvalue weighted by Crippen LogP contribution is 2.17. The molecule has 1 aromatic heterocycles. The summed E-state index contributed by atoms with van der Waals surface area (Å²) in [7, 11) is -3.27. The second-order valence-electron chi connectivity index (χ2n) is 4.78. The Morgan fingerprint density at radius 2 is 2.32 bits per heavy atom. The average molecular weight is 285 g/mol. The van der Waals surface area contributed by atoms with Crippen LogP contribution in [0.15, 0.2) is 18.3 Å². The highest BCUT2D eigenvalue weighted by molar-refractivity contribution is 7.88. The van der Waals surface area contributed by atoms with Gasteiger partial charge in [0.25, 0.3) is 0 Å². The number of rotatable bonds is 5. The Morgan fingerprint density at radius 3 is 2.84 bits per heavy atom. The van der Waals surface area contributed by atoms with Crippen LogP contribution in [0.5, 0.6) is 0 Å². The lowest BCUT2D eigenvalue weighted by atomic mass is 10.2. The van der Waals surface area contributed by atoms with Crippen molar-refractivity contribution in [3.8, 4) is 0 Å². The van der Waals surface area contributed by atoms with Crippen LogP contribution in [0.4, 0.5) is 5.82 Å². The fraction of sp³-hybridized carbons (Fsp3) is 0.583. The molecule has 106 valence electrons. The topological polar surface area (TPSA) is 85.5 Å². The van der Waals surface area contributed by atoms with Gasteiger partial charge in [0.15, 0.2) is 0 Å². The van der Waals surface area contributed by atoms with E-state index in [-0.39, 0.29) is 6.10 Å². The number of nitrogen functional groups attached to an aromatic ring is 1. The zero-order valence-corrected chi connectivity index (χ0v) is 11.8. The summed E-state index contributed by atoms with van der Waals surface area (Å²) < 4.78 is 30.6. The molecule has 0 saturated carbocycles. The third kappa shape index (κ3) is 4.15. The molecular formula is C12H19N3O3S. The molecule has 1 saturated heterocycles. The molecule has 2 N–H and O–H groups in total. The molecule has 2 rings (SSSR count). The van der Waals surface area contributed by atoms with Crippen LogP contribution in [0.1, 0.15) is 18.4 Å². The molecule has 0 unspecified atom stereocenters. The SMILES string of the molecule is CS(=O)(=O)N(Cc1ccc(N)nc1)C[C@H]1CCCO1. The van der Waals surface area contributed by atoms with Crippen molar-refractivity contribution in [1.82, 2.24) is 9.29 Å². The standard InChI is InChI=1S/C12H19N3O3S/c1-19(16,17)15(9-11-3-2-6-18-11)8-10-4-5-12(13)14-7-10/h4-5,7,11H,2-3,6,8-9H2,1H3,(H2,13,14)/t11-/m1/s1. The molecule has 0 aromatic carbocycles. The summed E-state index contributed by atoms with van der Waals surface area (Å²) in [5, 5.41) is 0. The molecule has 2 heterocycles. The number of sulfonamides is 1. The Labute approximate surface area is 113 Å². The number of hydrogen-bond donors (Lipinski definition) is 1. The van der Waals surface area contributed by atoms with Gasteiger partial charge in [-0.25, -0.2) is 13.4 Å². The molecule has 0 aliphatic carbocycles. The summed E-state index contributed by atoms with van der Waals surface area (Å²) in [4.78, 5) is 3.97. The molecule has 1 aromatic rings. The van der Waals surface area contributed by atoms with Crippen molar-refractivity contribution in [3.05, 3.63) is 23.9 Å². The van der Waals surface area contributed by atoms with E-state index >= 15 is 0 Å². The maximum absolute atomic E-state index is 11.8. The van der Waals surface area contributed by atoms with Crippen molar-refractivity contribution in [2.45, 2.75) is 25.5 Å². The first kappa shape index (κ1) is 14.2. The van der Waals surface area contributed by atoms with Crippen molar-refractivity contribution in [2.75, 3.05) is 25.1 Å². The van der Waals surface area contributed by atoms with Gasteiger partial charge >= 0.3 is 0 Å². The molecule has 1 aliphatic rings. The summed E-state index contributed by atoms with van der Waals surface area (Å²) in [6, 6.07) is 3.46. The van der Waals surface area contributed by atoms with Gasteiger partial charge in [0.05, 0.1) is 12.4 Å². The number of aromatic nitrogens is 1. The molecule has 7 heteroatoms.